The number of nitrogens with zero attached hydrogens (tertiary/aromatic N) is 1. The number of esters is 1. The fourth-order valence-corrected chi connectivity index (χ4v) is 4.34. The maximum Gasteiger partial charge on any atom is 0.340 e. The van der Waals surface area contributed by atoms with Gasteiger partial charge in [-0.15, -0.1) is 0 Å². The van der Waals surface area contributed by atoms with Crippen molar-refractivity contribution in [1.29, 1.82) is 0 Å². The van der Waals surface area contributed by atoms with Gasteiger partial charge in [0, 0.05) is 38.4 Å². The predicted octanol–water partition coefficient (Wildman–Crippen LogP) is 2.35. The van der Waals surface area contributed by atoms with E-state index in [1.54, 1.807) is 25.7 Å². The first-order valence-corrected chi connectivity index (χ1v) is 10.9. The van der Waals surface area contributed by atoms with E-state index >= 15 is 0 Å². The lowest BCUT2D eigenvalue weighted by Gasteiger charge is -2.31. The zero-order valence-corrected chi connectivity index (χ0v) is 18.2. The predicted molar refractivity (Wildman–Crippen MR) is 111 cm³/mol. The Morgan fingerprint density at radius 2 is 1.93 bits per heavy atom. The monoisotopic (exact) mass is 419 g/mol. The average Bonchev–Trinajstić information content (AvgIpc) is 3.34. The first-order chi connectivity index (χ1) is 14.4. The molecule has 0 unspecified atom stereocenters. The van der Waals surface area contributed by atoms with Crippen LogP contribution in [0.2, 0.25) is 0 Å². The molecule has 2 amide bonds. The second kappa shape index (κ2) is 10.1. The zero-order chi connectivity index (χ0) is 21.7. The minimum Gasteiger partial charge on any atom is -0.462 e. The lowest BCUT2D eigenvalue weighted by molar-refractivity contribution is -0.122. The highest BCUT2D eigenvalue weighted by Crippen LogP contribution is 2.25. The molecule has 2 aliphatic rings. The molecular formula is C22H33N3O5. The van der Waals surface area contributed by atoms with Crippen molar-refractivity contribution in [3.8, 4) is 0 Å². The molecular weight excluding hydrogens is 386 g/mol. The first-order valence-electron chi connectivity index (χ1n) is 10.9. The number of hydrogen-bond donors (Lipinski definition) is 2. The highest BCUT2D eigenvalue weighted by Gasteiger charge is 2.29. The van der Waals surface area contributed by atoms with Gasteiger partial charge in [-0.25, -0.2) is 4.79 Å². The van der Waals surface area contributed by atoms with Crippen LogP contribution in [0.4, 0.5) is 0 Å². The van der Waals surface area contributed by atoms with E-state index in [9.17, 15) is 14.4 Å². The summed E-state index contributed by atoms with van der Waals surface area (Å²) in [5, 5.41) is 2.98. The van der Waals surface area contributed by atoms with Crippen LogP contribution in [0.25, 0.3) is 0 Å². The van der Waals surface area contributed by atoms with Gasteiger partial charge in [-0.1, -0.05) is 0 Å². The molecule has 166 valence electrons. The molecule has 1 aromatic rings. The van der Waals surface area contributed by atoms with E-state index in [-0.39, 0.29) is 23.8 Å². The van der Waals surface area contributed by atoms with Crippen molar-refractivity contribution < 1.29 is 23.9 Å². The van der Waals surface area contributed by atoms with Crippen molar-refractivity contribution in [2.45, 2.75) is 59.0 Å². The SMILES string of the molecule is CCOC(=O)c1c(C)[nH]c(C(=O)N2CCC(CC(=O)NC[C@@H]3CCCO3)CC2)c1C. The molecule has 1 atom stereocenters. The molecule has 0 saturated carbocycles. The van der Waals surface area contributed by atoms with Crippen LogP contribution in [0.5, 0.6) is 0 Å². The first kappa shape index (κ1) is 22.3. The van der Waals surface area contributed by atoms with Crippen molar-refractivity contribution in [3.05, 3.63) is 22.5 Å². The molecule has 8 heteroatoms. The van der Waals surface area contributed by atoms with E-state index < -0.39 is 5.97 Å². The normalized spacial score (nSPS) is 19.7. The number of carbonyl (C=O) groups excluding carboxylic acids is 3. The summed E-state index contributed by atoms with van der Waals surface area (Å²) in [6, 6.07) is 0. The molecule has 0 aromatic carbocycles. The van der Waals surface area contributed by atoms with Crippen molar-refractivity contribution in [1.82, 2.24) is 15.2 Å². The zero-order valence-electron chi connectivity index (χ0n) is 18.2. The third kappa shape index (κ3) is 5.22. The third-order valence-electron chi connectivity index (χ3n) is 6.06. The van der Waals surface area contributed by atoms with E-state index in [1.807, 2.05) is 0 Å². The largest absolute Gasteiger partial charge is 0.462 e. The Bertz CT molecular complexity index is 774. The summed E-state index contributed by atoms with van der Waals surface area (Å²) in [5.74, 6) is -0.173. The van der Waals surface area contributed by atoms with Crippen LogP contribution in [0.1, 0.15) is 71.1 Å². The summed E-state index contributed by atoms with van der Waals surface area (Å²) in [6.07, 6.45) is 4.30. The molecule has 0 bridgehead atoms. The number of aromatic amines is 1. The number of aromatic nitrogens is 1. The van der Waals surface area contributed by atoms with E-state index in [4.69, 9.17) is 9.47 Å². The number of carbonyl (C=O) groups is 3. The maximum atomic E-state index is 13.0. The number of amides is 2. The summed E-state index contributed by atoms with van der Waals surface area (Å²) >= 11 is 0. The standard InChI is InChI=1S/C22H33N3O5/c1-4-29-22(28)19-14(2)20(24-15(19)3)21(27)25-9-7-16(8-10-25)12-18(26)23-13-17-6-5-11-30-17/h16-17,24H,4-13H2,1-3H3,(H,23,26)/t17-/m0/s1. The molecule has 2 fully saturated rings. The average molecular weight is 420 g/mol. The number of aryl methyl sites for hydroxylation is 1. The van der Waals surface area contributed by atoms with Crippen LogP contribution in [0.3, 0.4) is 0 Å². The number of ether oxygens (including phenoxy) is 2. The van der Waals surface area contributed by atoms with Gasteiger partial charge in [0.15, 0.2) is 0 Å². The summed E-state index contributed by atoms with van der Waals surface area (Å²) < 4.78 is 10.6. The van der Waals surface area contributed by atoms with Gasteiger partial charge in [0.2, 0.25) is 5.91 Å². The van der Waals surface area contributed by atoms with Gasteiger partial charge < -0.3 is 24.7 Å². The number of likely N-dealkylation sites (tertiary alicyclic amines) is 1. The fourth-order valence-electron chi connectivity index (χ4n) is 4.34. The Balaban J connectivity index is 1.50. The quantitative estimate of drug-likeness (QED) is 0.661. The van der Waals surface area contributed by atoms with Crippen molar-refractivity contribution >= 4 is 17.8 Å². The molecule has 2 N–H and O–H groups in total. The van der Waals surface area contributed by atoms with Gasteiger partial charge in [0.05, 0.1) is 18.3 Å². The Morgan fingerprint density at radius 1 is 1.20 bits per heavy atom. The van der Waals surface area contributed by atoms with Crippen molar-refractivity contribution in [2.75, 3.05) is 32.8 Å². The molecule has 0 aliphatic carbocycles. The maximum absolute atomic E-state index is 13.0. The van der Waals surface area contributed by atoms with Gasteiger partial charge in [-0.3, -0.25) is 9.59 Å². The lowest BCUT2D eigenvalue weighted by atomic mass is 9.93. The van der Waals surface area contributed by atoms with Gasteiger partial charge in [-0.05, 0) is 57.9 Å². The molecule has 3 heterocycles. The lowest BCUT2D eigenvalue weighted by Crippen LogP contribution is -2.40. The molecule has 2 aliphatic heterocycles. The number of rotatable bonds is 7. The van der Waals surface area contributed by atoms with Crippen LogP contribution >= 0.6 is 0 Å². The minimum absolute atomic E-state index is 0.0604. The molecule has 0 radical (unpaired) electrons. The summed E-state index contributed by atoms with van der Waals surface area (Å²) in [4.78, 5) is 42.2. The topological polar surface area (TPSA) is 101 Å². The van der Waals surface area contributed by atoms with Crippen LogP contribution in [0.15, 0.2) is 0 Å². The second-order valence-corrected chi connectivity index (χ2v) is 8.22. The second-order valence-electron chi connectivity index (χ2n) is 8.22. The van der Waals surface area contributed by atoms with E-state index in [1.165, 1.54) is 0 Å². The molecule has 30 heavy (non-hydrogen) atoms. The summed E-state index contributed by atoms with van der Waals surface area (Å²) in [6.45, 7) is 8.18. The van der Waals surface area contributed by atoms with E-state index in [0.29, 0.717) is 55.2 Å². The van der Waals surface area contributed by atoms with Gasteiger partial charge in [0.25, 0.3) is 5.91 Å². The Labute approximate surface area is 177 Å². The fraction of sp³-hybridized carbons (Fsp3) is 0.682. The number of hydrogen-bond acceptors (Lipinski definition) is 5. The summed E-state index contributed by atoms with van der Waals surface area (Å²) in [7, 11) is 0. The number of piperidine rings is 1. The van der Waals surface area contributed by atoms with Crippen LogP contribution in [-0.4, -0.2) is 66.6 Å². The van der Waals surface area contributed by atoms with E-state index in [0.717, 1.165) is 32.3 Å². The Hall–Kier alpha value is -2.35. The summed E-state index contributed by atoms with van der Waals surface area (Å²) in [5.41, 5.74) is 2.17. The highest BCUT2D eigenvalue weighted by molar-refractivity contribution is 6.00. The van der Waals surface area contributed by atoms with E-state index in [2.05, 4.69) is 10.3 Å². The molecule has 3 rings (SSSR count). The van der Waals surface area contributed by atoms with Gasteiger partial charge >= 0.3 is 5.97 Å². The van der Waals surface area contributed by atoms with Crippen LogP contribution in [0, 0.1) is 19.8 Å². The van der Waals surface area contributed by atoms with Crippen molar-refractivity contribution in [3.63, 3.8) is 0 Å². The van der Waals surface area contributed by atoms with Crippen molar-refractivity contribution in [2.24, 2.45) is 5.92 Å². The Morgan fingerprint density at radius 3 is 2.57 bits per heavy atom. The molecule has 1 aromatic heterocycles. The third-order valence-corrected chi connectivity index (χ3v) is 6.06. The molecule has 0 spiro atoms. The molecule has 2 saturated heterocycles. The number of H-pyrrole nitrogens is 1. The van der Waals surface area contributed by atoms with Crippen LogP contribution < -0.4 is 5.32 Å². The smallest absolute Gasteiger partial charge is 0.340 e. The van der Waals surface area contributed by atoms with Crippen LogP contribution in [-0.2, 0) is 14.3 Å². The Kier molecular flexibility index (Phi) is 7.53. The minimum atomic E-state index is -0.407. The van der Waals surface area contributed by atoms with Gasteiger partial charge in [-0.2, -0.15) is 0 Å². The van der Waals surface area contributed by atoms with Gasteiger partial charge in [0.1, 0.15) is 5.69 Å². The highest BCUT2D eigenvalue weighted by atomic mass is 16.5. The molecule has 8 nitrogen and oxygen atoms in total. The number of nitrogens with one attached hydrogen (secondary N) is 2.